The van der Waals surface area contributed by atoms with Gasteiger partial charge in [-0.15, -0.1) is 0 Å². The Balaban J connectivity index is 3.09. The summed E-state index contributed by atoms with van der Waals surface area (Å²) in [4.78, 5) is -0.136. The van der Waals surface area contributed by atoms with E-state index in [2.05, 4.69) is 0 Å². The molecule has 0 bridgehead atoms. The van der Waals surface area contributed by atoms with Crippen LogP contribution in [0.3, 0.4) is 0 Å². The van der Waals surface area contributed by atoms with Crippen molar-refractivity contribution in [3.05, 3.63) is 29.8 Å². The Bertz CT molecular complexity index is 590. The van der Waals surface area contributed by atoms with Gasteiger partial charge in [0.1, 0.15) is 0 Å². The molecule has 2 N–H and O–H groups in total. The van der Waals surface area contributed by atoms with Crippen LogP contribution in [-0.2, 0) is 10.0 Å². The first kappa shape index (κ1) is 15.9. The Morgan fingerprint density at radius 1 is 1.42 bits per heavy atom. The summed E-state index contributed by atoms with van der Waals surface area (Å²) in [6.07, 6.45) is 0.203. The second-order valence-corrected chi connectivity index (χ2v) is 6.64. The maximum atomic E-state index is 13.1. The number of rotatable bonds is 5. The molecule has 0 saturated heterocycles. The van der Waals surface area contributed by atoms with Crippen LogP contribution < -0.4 is 5.73 Å². The number of hydrogen-bond acceptors (Lipinski definition) is 3. The lowest BCUT2D eigenvalue weighted by Gasteiger charge is -2.23. The smallest absolute Gasteiger partial charge is 0.243 e. The zero-order chi connectivity index (χ0) is 14.8. The molecule has 0 aromatic heterocycles. The molecule has 19 heavy (non-hydrogen) atoms. The van der Waals surface area contributed by atoms with Gasteiger partial charge in [-0.25, -0.2) is 17.2 Å². The molecular formula is C11H14F2N2O2S2. The van der Waals surface area contributed by atoms with Gasteiger partial charge in [-0.1, -0.05) is 12.2 Å². The standard InChI is InChI=1S/C11H14F2N2O2S2/c1-7(5-11(14)18)15(2)19(16,17)8-3-4-9(12)10(13)6-8/h3-4,6-7H,5H2,1-2H3,(H2,14,18). The molecular weight excluding hydrogens is 294 g/mol. The quantitative estimate of drug-likeness (QED) is 0.840. The highest BCUT2D eigenvalue weighted by Crippen LogP contribution is 2.20. The molecule has 0 saturated carbocycles. The van der Waals surface area contributed by atoms with E-state index in [4.69, 9.17) is 18.0 Å². The van der Waals surface area contributed by atoms with Gasteiger partial charge in [0, 0.05) is 19.5 Å². The van der Waals surface area contributed by atoms with Gasteiger partial charge in [0.25, 0.3) is 0 Å². The van der Waals surface area contributed by atoms with Crippen molar-refractivity contribution in [2.75, 3.05) is 7.05 Å². The largest absolute Gasteiger partial charge is 0.393 e. The molecule has 0 aliphatic carbocycles. The third kappa shape index (κ3) is 3.68. The third-order valence-corrected chi connectivity index (χ3v) is 4.82. The van der Waals surface area contributed by atoms with Crippen molar-refractivity contribution in [2.45, 2.75) is 24.3 Å². The maximum Gasteiger partial charge on any atom is 0.243 e. The number of halogens is 2. The Morgan fingerprint density at radius 3 is 2.47 bits per heavy atom. The van der Waals surface area contributed by atoms with Crippen LogP contribution >= 0.6 is 12.2 Å². The lowest BCUT2D eigenvalue weighted by Crippen LogP contribution is -2.37. The lowest BCUT2D eigenvalue weighted by molar-refractivity contribution is 0.396. The molecule has 8 heteroatoms. The van der Waals surface area contributed by atoms with E-state index in [1.165, 1.54) is 7.05 Å². The summed E-state index contributed by atoms with van der Waals surface area (Å²) in [7, 11) is -2.58. The Kier molecular flexibility index (Phi) is 4.94. The number of sulfonamides is 1. The monoisotopic (exact) mass is 308 g/mol. The van der Waals surface area contributed by atoms with E-state index >= 15 is 0 Å². The van der Waals surface area contributed by atoms with Crippen molar-refractivity contribution < 1.29 is 17.2 Å². The van der Waals surface area contributed by atoms with E-state index in [1.807, 2.05) is 0 Å². The average molecular weight is 308 g/mol. The summed E-state index contributed by atoms with van der Waals surface area (Å²) in [5.41, 5.74) is 5.36. The van der Waals surface area contributed by atoms with Crippen molar-refractivity contribution in [2.24, 2.45) is 5.73 Å². The Labute approximate surface area is 116 Å². The van der Waals surface area contributed by atoms with Crippen LogP contribution in [0, 0.1) is 11.6 Å². The average Bonchev–Trinajstić information content (AvgIpc) is 2.30. The second kappa shape index (κ2) is 5.89. The van der Waals surface area contributed by atoms with Gasteiger partial charge in [0.15, 0.2) is 11.6 Å². The fraction of sp³-hybridized carbons (Fsp3) is 0.364. The van der Waals surface area contributed by atoms with Crippen molar-refractivity contribution >= 4 is 27.2 Å². The highest BCUT2D eigenvalue weighted by atomic mass is 32.2. The van der Waals surface area contributed by atoms with E-state index in [-0.39, 0.29) is 16.3 Å². The fourth-order valence-corrected chi connectivity index (χ4v) is 3.07. The van der Waals surface area contributed by atoms with E-state index in [1.54, 1.807) is 6.92 Å². The van der Waals surface area contributed by atoms with Gasteiger partial charge in [-0.05, 0) is 25.1 Å². The van der Waals surface area contributed by atoms with E-state index in [0.29, 0.717) is 6.07 Å². The summed E-state index contributed by atoms with van der Waals surface area (Å²) in [6.45, 7) is 1.62. The van der Waals surface area contributed by atoms with Crippen LogP contribution in [0.5, 0.6) is 0 Å². The van der Waals surface area contributed by atoms with E-state index in [9.17, 15) is 17.2 Å². The van der Waals surface area contributed by atoms with Gasteiger partial charge in [0.05, 0.1) is 9.88 Å². The summed E-state index contributed by atoms with van der Waals surface area (Å²) in [5, 5.41) is 0. The van der Waals surface area contributed by atoms with Crippen LogP contribution in [0.4, 0.5) is 8.78 Å². The van der Waals surface area contributed by atoms with Crippen molar-refractivity contribution in [3.8, 4) is 0 Å². The molecule has 0 heterocycles. The molecule has 4 nitrogen and oxygen atoms in total. The molecule has 1 aromatic rings. The minimum atomic E-state index is -3.91. The predicted octanol–water partition coefficient (Wildman–Crippen LogP) is 1.65. The number of nitrogens with two attached hydrogens (primary N) is 1. The van der Waals surface area contributed by atoms with Crippen LogP contribution in [-0.4, -0.2) is 30.8 Å². The van der Waals surface area contributed by atoms with Crippen LogP contribution in [0.1, 0.15) is 13.3 Å². The van der Waals surface area contributed by atoms with Gasteiger partial charge < -0.3 is 5.73 Å². The second-order valence-electron chi connectivity index (χ2n) is 4.12. The molecule has 1 rings (SSSR count). The number of nitrogens with zero attached hydrogens (tertiary/aromatic N) is 1. The lowest BCUT2D eigenvalue weighted by atomic mass is 10.2. The highest BCUT2D eigenvalue weighted by molar-refractivity contribution is 7.89. The first-order valence-electron chi connectivity index (χ1n) is 5.37. The maximum absolute atomic E-state index is 13.1. The van der Waals surface area contributed by atoms with Crippen molar-refractivity contribution in [1.82, 2.24) is 4.31 Å². The predicted molar refractivity (Wildman–Crippen MR) is 72.2 cm³/mol. The molecule has 1 aromatic carbocycles. The van der Waals surface area contributed by atoms with Gasteiger partial charge in [-0.2, -0.15) is 4.31 Å². The van der Waals surface area contributed by atoms with Crippen molar-refractivity contribution in [1.29, 1.82) is 0 Å². The SMILES string of the molecule is CC(CC(N)=S)N(C)S(=O)(=O)c1ccc(F)c(F)c1. The van der Waals surface area contributed by atoms with Gasteiger partial charge >= 0.3 is 0 Å². The number of benzene rings is 1. The normalized spacial score (nSPS) is 13.5. The van der Waals surface area contributed by atoms with Gasteiger partial charge in [0.2, 0.25) is 10.0 Å². The number of thiocarbonyl (C=S) groups is 1. The number of hydrogen-bond donors (Lipinski definition) is 1. The summed E-state index contributed by atoms with van der Waals surface area (Å²) >= 11 is 4.72. The zero-order valence-electron chi connectivity index (χ0n) is 10.4. The molecule has 0 fully saturated rings. The molecule has 106 valence electrons. The van der Waals surface area contributed by atoms with Gasteiger partial charge in [-0.3, -0.25) is 0 Å². The first-order valence-corrected chi connectivity index (χ1v) is 7.22. The van der Waals surface area contributed by atoms with Crippen LogP contribution in [0.15, 0.2) is 23.1 Å². The Hall–Kier alpha value is -1.12. The molecule has 1 atom stereocenters. The Morgan fingerprint density at radius 2 is 2.00 bits per heavy atom. The summed E-state index contributed by atoms with van der Waals surface area (Å²) in [5.74, 6) is -2.31. The summed E-state index contributed by atoms with van der Waals surface area (Å²) < 4.78 is 51.3. The van der Waals surface area contributed by atoms with Crippen molar-refractivity contribution in [3.63, 3.8) is 0 Å². The van der Waals surface area contributed by atoms with Crippen LogP contribution in [0.25, 0.3) is 0 Å². The molecule has 0 aliphatic heterocycles. The molecule has 1 unspecified atom stereocenters. The fourth-order valence-electron chi connectivity index (χ4n) is 1.46. The molecule has 0 amide bonds. The van der Waals surface area contributed by atoms with E-state index in [0.717, 1.165) is 16.4 Å². The zero-order valence-corrected chi connectivity index (χ0v) is 12.1. The molecule has 0 spiro atoms. The highest BCUT2D eigenvalue weighted by Gasteiger charge is 2.26. The third-order valence-electron chi connectivity index (χ3n) is 2.69. The molecule has 0 radical (unpaired) electrons. The minimum absolute atomic E-state index is 0.180. The first-order chi connectivity index (χ1) is 8.66. The minimum Gasteiger partial charge on any atom is -0.393 e. The van der Waals surface area contributed by atoms with E-state index < -0.39 is 27.7 Å². The molecule has 0 aliphatic rings. The topological polar surface area (TPSA) is 63.4 Å². The van der Waals surface area contributed by atoms with Crippen LogP contribution in [0.2, 0.25) is 0 Å². The summed E-state index contributed by atoms with van der Waals surface area (Å²) in [6, 6.07) is 1.95.